The fraction of sp³-hybridized carbons (Fsp3) is 0.600. The summed E-state index contributed by atoms with van der Waals surface area (Å²) in [4.78, 5) is 0. The van der Waals surface area contributed by atoms with E-state index < -0.39 is 0 Å². The highest BCUT2D eigenvalue weighted by molar-refractivity contribution is 5.27. The Hall–Kier alpha value is -0.820. The molecule has 1 nitrogen and oxygen atoms in total. The van der Waals surface area contributed by atoms with Crippen molar-refractivity contribution in [3.05, 3.63) is 35.4 Å². The van der Waals surface area contributed by atoms with Gasteiger partial charge in [-0.2, -0.15) is 0 Å². The Morgan fingerprint density at radius 2 is 2.00 bits per heavy atom. The van der Waals surface area contributed by atoms with Crippen molar-refractivity contribution in [1.29, 1.82) is 0 Å². The molecule has 1 heteroatoms. The van der Waals surface area contributed by atoms with Crippen molar-refractivity contribution in [2.24, 2.45) is 11.3 Å². The van der Waals surface area contributed by atoms with Gasteiger partial charge in [0.15, 0.2) is 0 Å². The van der Waals surface area contributed by atoms with Crippen LogP contribution in [0.15, 0.2) is 24.3 Å². The van der Waals surface area contributed by atoms with Gasteiger partial charge in [0.25, 0.3) is 0 Å². The molecule has 0 bridgehead atoms. The predicted molar refractivity (Wildman–Crippen MR) is 69.6 cm³/mol. The second-order valence-electron chi connectivity index (χ2n) is 5.82. The zero-order chi connectivity index (χ0) is 11.8. The van der Waals surface area contributed by atoms with E-state index in [0.717, 1.165) is 12.3 Å². The first-order valence-electron chi connectivity index (χ1n) is 6.26. The van der Waals surface area contributed by atoms with Crippen molar-refractivity contribution in [1.82, 2.24) is 5.32 Å². The van der Waals surface area contributed by atoms with Crippen molar-refractivity contribution >= 4 is 0 Å². The van der Waals surface area contributed by atoms with Gasteiger partial charge in [-0.05, 0) is 49.3 Å². The van der Waals surface area contributed by atoms with E-state index in [2.05, 4.69) is 57.4 Å². The molecule has 1 N–H and O–H groups in total. The second kappa shape index (κ2) is 4.21. The van der Waals surface area contributed by atoms with Crippen LogP contribution in [0, 0.1) is 18.3 Å². The van der Waals surface area contributed by atoms with Gasteiger partial charge in [-0.1, -0.05) is 38.1 Å². The summed E-state index contributed by atoms with van der Waals surface area (Å²) < 4.78 is 0. The third-order valence-corrected chi connectivity index (χ3v) is 4.15. The average Bonchev–Trinajstić information content (AvgIpc) is 2.86. The smallest absolute Gasteiger partial charge is 0.0138 e. The monoisotopic (exact) mass is 217 g/mol. The summed E-state index contributed by atoms with van der Waals surface area (Å²) in [5.41, 5.74) is 3.46. The maximum Gasteiger partial charge on any atom is 0.0138 e. The number of hydrogen-bond acceptors (Lipinski definition) is 1. The van der Waals surface area contributed by atoms with E-state index in [-0.39, 0.29) is 0 Å². The van der Waals surface area contributed by atoms with E-state index in [1.165, 1.54) is 17.5 Å². The summed E-state index contributed by atoms with van der Waals surface area (Å²) in [7, 11) is 2.09. The van der Waals surface area contributed by atoms with Gasteiger partial charge in [0.2, 0.25) is 0 Å². The Kier molecular flexibility index (Phi) is 3.07. The Morgan fingerprint density at radius 1 is 1.38 bits per heavy atom. The molecule has 0 aliphatic heterocycles. The van der Waals surface area contributed by atoms with Crippen LogP contribution < -0.4 is 5.32 Å². The van der Waals surface area contributed by atoms with Crippen LogP contribution in [0.3, 0.4) is 0 Å². The largest absolute Gasteiger partial charge is 0.316 e. The molecule has 0 amide bonds. The Balaban J connectivity index is 2.06. The van der Waals surface area contributed by atoms with Crippen LogP contribution in [0.2, 0.25) is 0 Å². The number of benzene rings is 1. The van der Waals surface area contributed by atoms with Gasteiger partial charge < -0.3 is 5.32 Å². The molecule has 0 aromatic heterocycles. The molecule has 1 aliphatic carbocycles. The zero-order valence-electron chi connectivity index (χ0n) is 10.9. The van der Waals surface area contributed by atoms with Gasteiger partial charge in [0, 0.05) is 6.04 Å². The van der Waals surface area contributed by atoms with E-state index in [0.29, 0.717) is 11.5 Å². The molecular formula is C15H23N. The first-order valence-corrected chi connectivity index (χ1v) is 6.26. The quantitative estimate of drug-likeness (QED) is 0.817. The number of aryl methyl sites for hydroxylation is 1. The average molecular weight is 217 g/mol. The third kappa shape index (κ3) is 2.30. The normalized spacial score (nSPS) is 24.1. The number of rotatable bonds is 4. The lowest BCUT2D eigenvalue weighted by atomic mass is 9.95. The molecule has 0 heterocycles. The topological polar surface area (TPSA) is 12.0 Å². The molecule has 1 saturated carbocycles. The van der Waals surface area contributed by atoms with Crippen LogP contribution in [0.5, 0.6) is 0 Å². The van der Waals surface area contributed by atoms with Crippen LogP contribution in [0.25, 0.3) is 0 Å². The lowest BCUT2D eigenvalue weighted by Crippen LogP contribution is -2.31. The van der Waals surface area contributed by atoms with E-state index in [4.69, 9.17) is 0 Å². The zero-order valence-corrected chi connectivity index (χ0v) is 10.9. The van der Waals surface area contributed by atoms with Crippen molar-refractivity contribution in [3.8, 4) is 0 Å². The molecule has 2 rings (SSSR count). The molecule has 0 spiro atoms. The van der Waals surface area contributed by atoms with Crippen molar-refractivity contribution < 1.29 is 0 Å². The van der Waals surface area contributed by atoms with E-state index in [1.807, 2.05) is 0 Å². The van der Waals surface area contributed by atoms with Crippen LogP contribution in [-0.4, -0.2) is 13.1 Å². The van der Waals surface area contributed by atoms with Crippen LogP contribution >= 0.6 is 0 Å². The lowest BCUT2D eigenvalue weighted by molar-refractivity contribution is 0.425. The fourth-order valence-electron chi connectivity index (χ4n) is 2.72. The number of nitrogens with one attached hydrogen (secondary N) is 1. The molecule has 1 fully saturated rings. The Labute approximate surface area is 99.3 Å². The minimum absolute atomic E-state index is 0.552. The summed E-state index contributed by atoms with van der Waals surface area (Å²) in [5.74, 6) is 0.845. The molecular weight excluding hydrogens is 194 g/mol. The highest BCUT2D eigenvalue weighted by atomic mass is 14.9. The summed E-state index contributed by atoms with van der Waals surface area (Å²) >= 11 is 0. The van der Waals surface area contributed by atoms with Crippen molar-refractivity contribution in [2.45, 2.75) is 39.7 Å². The van der Waals surface area contributed by atoms with Gasteiger partial charge in [-0.15, -0.1) is 0 Å². The second-order valence-corrected chi connectivity index (χ2v) is 5.82. The summed E-state index contributed by atoms with van der Waals surface area (Å²) in [6.07, 6.45) is 2.53. The Morgan fingerprint density at radius 3 is 2.50 bits per heavy atom. The molecule has 88 valence electrons. The van der Waals surface area contributed by atoms with Crippen LogP contribution in [0.1, 0.15) is 31.4 Å². The van der Waals surface area contributed by atoms with E-state index in [1.54, 1.807) is 0 Å². The predicted octanol–water partition coefficient (Wildman–Crippen LogP) is 3.17. The van der Waals surface area contributed by atoms with Gasteiger partial charge in [-0.25, -0.2) is 0 Å². The molecule has 0 saturated heterocycles. The standard InChI is InChI=1S/C15H23N/c1-11-7-5-6-8-12(11)9-14(16-4)13-10-15(13,2)3/h5-8,13-14,16H,9-10H2,1-4H3. The van der Waals surface area contributed by atoms with Gasteiger partial charge in [-0.3, -0.25) is 0 Å². The van der Waals surface area contributed by atoms with Crippen LogP contribution in [0.4, 0.5) is 0 Å². The van der Waals surface area contributed by atoms with E-state index >= 15 is 0 Å². The number of hydrogen-bond donors (Lipinski definition) is 1. The molecule has 2 unspecified atom stereocenters. The molecule has 2 atom stereocenters. The van der Waals surface area contributed by atoms with Gasteiger partial charge in [0.05, 0.1) is 0 Å². The highest BCUT2D eigenvalue weighted by Gasteiger charge is 2.49. The van der Waals surface area contributed by atoms with Crippen molar-refractivity contribution in [3.63, 3.8) is 0 Å². The Bertz CT molecular complexity index is 367. The number of likely N-dealkylation sites (N-methyl/N-ethyl adjacent to an activating group) is 1. The lowest BCUT2D eigenvalue weighted by Gasteiger charge is -2.19. The van der Waals surface area contributed by atoms with Gasteiger partial charge >= 0.3 is 0 Å². The molecule has 1 aliphatic rings. The minimum atomic E-state index is 0.552. The third-order valence-electron chi connectivity index (χ3n) is 4.15. The van der Waals surface area contributed by atoms with E-state index in [9.17, 15) is 0 Å². The molecule has 1 aromatic rings. The maximum absolute atomic E-state index is 3.50. The van der Waals surface area contributed by atoms with Crippen molar-refractivity contribution in [2.75, 3.05) is 7.05 Å². The summed E-state index contributed by atoms with van der Waals surface area (Å²) in [6, 6.07) is 9.37. The SMILES string of the molecule is CNC(Cc1ccccc1C)C1CC1(C)C. The first-order chi connectivity index (χ1) is 7.54. The highest BCUT2D eigenvalue weighted by Crippen LogP contribution is 2.53. The molecule has 16 heavy (non-hydrogen) atoms. The fourth-order valence-corrected chi connectivity index (χ4v) is 2.72. The summed E-state index contributed by atoms with van der Waals surface area (Å²) in [6.45, 7) is 6.96. The first kappa shape index (κ1) is 11.7. The summed E-state index contributed by atoms with van der Waals surface area (Å²) in [5, 5.41) is 3.50. The van der Waals surface area contributed by atoms with Gasteiger partial charge in [0.1, 0.15) is 0 Å². The molecule has 1 aromatic carbocycles. The maximum atomic E-state index is 3.50. The molecule has 0 radical (unpaired) electrons. The van der Waals surface area contributed by atoms with Crippen LogP contribution in [-0.2, 0) is 6.42 Å². The minimum Gasteiger partial charge on any atom is -0.316 e.